The third-order valence-corrected chi connectivity index (χ3v) is 2.57. The van der Waals surface area contributed by atoms with Crippen LogP contribution in [0.3, 0.4) is 0 Å². The Morgan fingerprint density at radius 2 is 1.94 bits per heavy atom. The Hall–Kier alpha value is -1.36. The first-order valence-electron chi connectivity index (χ1n) is 5.09. The van der Waals surface area contributed by atoms with Crippen molar-refractivity contribution in [3.8, 4) is 5.75 Å². The molecule has 0 spiro atoms. The van der Waals surface area contributed by atoms with E-state index in [-0.39, 0.29) is 11.9 Å². The first-order chi connectivity index (χ1) is 7.99. The summed E-state index contributed by atoms with van der Waals surface area (Å²) in [7, 11) is 0. The van der Waals surface area contributed by atoms with Gasteiger partial charge in [-0.05, 0) is 33.6 Å². The highest BCUT2D eigenvalue weighted by molar-refractivity contribution is 9.10. The smallest absolute Gasteiger partial charge is 0.308 e. The van der Waals surface area contributed by atoms with E-state index in [2.05, 4.69) is 15.9 Å². The van der Waals surface area contributed by atoms with Crippen LogP contribution in [-0.2, 0) is 20.7 Å². The van der Waals surface area contributed by atoms with Gasteiger partial charge < -0.3 is 9.47 Å². The third kappa shape index (κ3) is 4.99. The molecule has 0 bridgehead atoms. The molecular formula is C12H13BrO4. The average molecular weight is 301 g/mol. The monoisotopic (exact) mass is 300 g/mol. The summed E-state index contributed by atoms with van der Waals surface area (Å²) < 4.78 is 10.5. The second-order valence-electron chi connectivity index (χ2n) is 3.45. The van der Waals surface area contributed by atoms with E-state index in [1.54, 1.807) is 6.07 Å². The summed E-state index contributed by atoms with van der Waals surface area (Å²) in [5, 5.41) is 0. The Morgan fingerprint density at radius 3 is 2.47 bits per heavy atom. The van der Waals surface area contributed by atoms with E-state index in [1.807, 2.05) is 12.1 Å². The van der Waals surface area contributed by atoms with Crippen molar-refractivity contribution < 1.29 is 19.1 Å². The molecule has 0 saturated heterocycles. The van der Waals surface area contributed by atoms with E-state index in [0.717, 1.165) is 5.56 Å². The second kappa shape index (κ2) is 6.39. The highest BCUT2D eigenvalue weighted by Crippen LogP contribution is 2.26. The zero-order valence-corrected chi connectivity index (χ0v) is 11.2. The third-order valence-electron chi connectivity index (χ3n) is 1.95. The van der Waals surface area contributed by atoms with Gasteiger partial charge in [0, 0.05) is 20.3 Å². The van der Waals surface area contributed by atoms with E-state index in [4.69, 9.17) is 9.47 Å². The van der Waals surface area contributed by atoms with Crippen LogP contribution in [0, 0.1) is 0 Å². The number of esters is 2. The van der Waals surface area contributed by atoms with Crippen molar-refractivity contribution in [1.82, 2.24) is 0 Å². The van der Waals surface area contributed by atoms with Gasteiger partial charge in [-0.1, -0.05) is 6.07 Å². The molecular weight excluding hydrogens is 288 g/mol. The number of halogens is 1. The Kier molecular flexibility index (Phi) is 5.15. The van der Waals surface area contributed by atoms with E-state index < -0.39 is 0 Å². The van der Waals surface area contributed by atoms with Crippen molar-refractivity contribution in [1.29, 1.82) is 0 Å². The molecule has 92 valence electrons. The van der Waals surface area contributed by atoms with Crippen LogP contribution in [-0.4, -0.2) is 18.5 Å². The maximum absolute atomic E-state index is 10.8. The Morgan fingerprint density at radius 1 is 1.24 bits per heavy atom. The molecule has 0 fully saturated rings. The fraction of sp³-hybridized carbons (Fsp3) is 0.333. The molecule has 1 aromatic rings. The quantitative estimate of drug-likeness (QED) is 0.633. The standard InChI is InChI=1S/C12H13BrO4/c1-8(14)16-6-5-10-3-4-12(11(13)7-10)17-9(2)15/h3-4,7H,5-6H2,1-2H3. The molecule has 0 radical (unpaired) electrons. The highest BCUT2D eigenvalue weighted by atomic mass is 79.9. The zero-order valence-electron chi connectivity index (χ0n) is 9.66. The van der Waals surface area contributed by atoms with Gasteiger partial charge in [-0.15, -0.1) is 0 Å². The van der Waals surface area contributed by atoms with Crippen LogP contribution in [0.2, 0.25) is 0 Å². The normalized spacial score (nSPS) is 9.82. The molecule has 0 amide bonds. The van der Waals surface area contributed by atoms with Gasteiger partial charge in [0.05, 0.1) is 11.1 Å². The number of rotatable bonds is 4. The molecule has 0 saturated carbocycles. The summed E-state index contributed by atoms with van der Waals surface area (Å²) in [5.41, 5.74) is 0.994. The fourth-order valence-electron chi connectivity index (χ4n) is 1.25. The topological polar surface area (TPSA) is 52.6 Å². The van der Waals surface area contributed by atoms with Gasteiger partial charge in [-0.25, -0.2) is 0 Å². The van der Waals surface area contributed by atoms with Crippen LogP contribution in [0.25, 0.3) is 0 Å². The summed E-state index contributed by atoms with van der Waals surface area (Å²) in [6, 6.07) is 5.36. The molecule has 0 aliphatic heterocycles. The fourth-order valence-corrected chi connectivity index (χ4v) is 1.76. The minimum atomic E-state index is -0.363. The molecule has 0 N–H and O–H groups in total. The number of benzene rings is 1. The summed E-state index contributed by atoms with van der Waals surface area (Å²) >= 11 is 3.31. The van der Waals surface area contributed by atoms with Crippen LogP contribution < -0.4 is 4.74 Å². The summed E-state index contributed by atoms with van der Waals surface area (Å²) in [6.07, 6.45) is 0.624. The minimum absolute atomic E-state index is 0.291. The maximum atomic E-state index is 10.8. The van der Waals surface area contributed by atoms with E-state index in [9.17, 15) is 9.59 Å². The molecule has 1 rings (SSSR count). The first-order valence-corrected chi connectivity index (χ1v) is 5.88. The molecule has 17 heavy (non-hydrogen) atoms. The lowest BCUT2D eigenvalue weighted by atomic mass is 10.1. The summed E-state index contributed by atoms with van der Waals surface area (Å²) in [5.74, 6) is -0.173. The van der Waals surface area contributed by atoms with Crippen molar-refractivity contribution in [2.45, 2.75) is 20.3 Å². The summed E-state index contributed by atoms with van der Waals surface area (Å²) in [6.45, 7) is 3.06. The lowest BCUT2D eigenvalue weighted by Gasteiger charge is -2.07. The van der Waals surface area contributed by atoms with Gasteiger partial charge in [0.25, 0.3) is 0 Å². The molecule has 0 aliphatic carbocycles. The Balaban J connectivity index is 2.62. The predicted octanol–water partition coefficient (Wildman–Crippen LogP) is 2.48. The van der Waals surface area contributed by atoms with Crippen LogP contribution >= 0.6 is 15.9 Å². The van der Waals surface area contributed by atoms with Gasteiger partial charge >= 0.3 is 11.9 Å². The van der Waals surface area contributed by atoms with Gasteiger partial charge in [0.1, 0.15) is 5.75 Å². The van der Waals surface area contributed by atoms with Crippen molar-refractivity contribution in [2.75, 3.05) is 6.61 Å². The Labute approximate surface area is 108 Å². The molecule has 0 unspecified atom stereocenters. The van der Waals surface area contributed by atoms with E-state index >= 15 is 0 Å². The average Bonchev–Trinajstić information content (AvgIpc) is 2.21. The molecule has 0 aromatic heterocycles. The van der Waals surface area contributed by atoms with Gasteiger partial charge in [-0.3, -0.25) is 9.59 Å². The number of hydrogen-bond donors (Lipinski definition) is 0. The van der Waals surface area contributed by atoms with Crippen molar-refractivity contribution in [2.24, 2.45) is 0 Å². The lowest BCUT2D eigenvalue weighted by molar-refractivity contribution is -0.140. The molecule has 1 aromatic carbocycles. The van der Waals surface area contributed by atoms with Crippen molar-refractivity contribution >= 4 is 27.9 Å². The summed E-state index contributed by atoms with van der Waals surface area (Å²) in [4.78, 5) is 21.4. The van der Waals surface area contributed by atoms with Crippen LogP contribution in [0.4, 0.5) is 0 Å². The minimum Gasteiger partial charge on any atom is -0.466 e. The predicted molar refractivity (Wildman–Crippen MR) is 65.8 cm³/mol. The molecule has 0 atom stereocenters. The van der Waals surface area contributed by atoms with Gasteiger partial charge in [0.15, 0.2) is 0 Å². The van der Waals surface area contributed by atoms with Crippen molar-refractivity contribution in [3.05, 3.63) is 28.2 Å². The largest absolute Gasteiger partial charge is 0.466 e. The zero-order chi connectivity index (χ0) is 12.8. The van der Waals surface area contributed by atoms with Crippen LogP contribution in [0.1, 0.15) is 19.4 Å². The first kappa shape index (κ1) is 13.7. The number of ether oxygens (including phenoxy) is 2. The molecule has 0 heterocycles. The number of carbonyl (C=O) groups is 2. The SMILES string of the molecule is CC(=O)OCCc1ccc(OC(C)=O)c(Br)c1. The van der Waals surface area contributed by atoms with Crippen LogP contribution in [0.5, 0.6) is 5.75 Å². The Bertz CT molecular complexity index is 429. The van der Waals surface area contributed by atoms with Crippen molar-refractivity contribution in [3.63, 3.8) is 0 Å². The second-order valence-corrected chi connectivity index (χ2v) is 4.30. The lowest BCUT2D eigenvalue weighted by Crippen LogP contribution is -2.04. The van der Waals surface area contributed by atoms with E-state index in [0.29, 0.717) is 23.2 Å². The molecule has 0 aliphatic rings. The molecule has 5 heteroatoms. The maximum Gasteiger partial charge on any atom is 0.308 e. The molecule has 4 nitrogen and oxygen atoms in total. The highest BCUT2D eigenvalue weighted by Gasteiger charge is 2.05. The van der Waals surface area contributed by atoms with E-state index in [1.165, 1.54) is 13.8 Å². The van der Waals surface area contributed by atoms with Gasteiger partial charge in [-0.2, -0.15) is 0 Å². The number of hydrogen-bond acceptors (Lipinski definition) is 4. The van der Waals surface area contributed by atoms with Gasteiger partial charge in [0.2, 0.25) is 0 Å². The van der Waals surface area contributed by atoms with Crippen LogP contribution in [0.15, 0.2) is 22.7 Å². The number of carbonyl (C=O) groups excluding carboxylic acids is 2.